The third kappa shape index (κ3) is 11.7. The molecule has 4 nitrogen and oxygen atoms in total. The van der Waals surface area contributed by atoms with Crippen molar-refractivity contribution in [3.63, 3.8) is 0 Å². The molecule has 0 aliphatic carbocycles. The van der Waals surface area contributed by atoms with Crippen LogP contribution in [0.2, 0.25) is 0 Å². The quantitative estimate of drug-likeness (QED) is 0.308. The zero-order valence-electron chi connectivity index (χ0n) is 9.65. The maximum atomic E-state index is 10.2. The molecule has 0 spiro atoms. The first kappa shape index (κ1) is 16.1. The van der Waals surface area contributed by atoms with Crippen LogP contribution in [-0.2, 0) is 9.53 Å². The Morgan fingerprint density at radius 3 is 2.19 bits per heavy atom. The van der Waals surface area contributed by atoms with E-state index in [1.807, 2.05) is 12.1 Å². The number of esters is 1. The Bertz CT molecular complexity index is 379. The number of rotatable bonds is 2. The van der Waals surface area contributed by atoms with Gasteiger partial charge in [-0.25, -0.2) is 4.79 Å². The van der Waals surface area contributed by atoms with Gasteiger partial charge in [0.05, 0.1) is 19.2 Å². The van der Waals surface area contributed by atoms with Crippen LogP contribution in [-0.4, -0.2) is 13.1 Å². The molecule has 0 aromatic heterocycles. The van der Waals surface area contributed by atoms with Crippen molar-refractivity contribution in [2.24, 2.45) is 0 Å². The molecule has 0 aromatic rings. The number of allylic oxidation sites excluding steroid dienone is 4. The van der Waals surface area contributed by atoms with Gasteiger partial charge in [0.15, 0.2) is 0 Å². The fraction of sp³-hybridized carbons (Fsp3) is 0.250. The Morgan fingerprint density at radius 2 is 1.94 bits per heavy atom. The lowest BCUT2D eigenvalue weighted by molar-refractivity contribution is -0.136. The molecule has 0 N–H and O–H groups in total. The molecule has 0 unspecified atom stereocenters. The number of methoxy groups -OCH3 is 1. The van der Waals surface area contributed by atoms with Crippen molar-refractivity contribution >= 4 is 5.97 Å². The van der Waals surface area contributed by atoms with Crippen LogP contribution in [0.3, 0.4) is 0 Å². The molecule has 16 heavy (non-hydrogen) atoms. The van der Waals surface area contributed by atoms with Crippen LogP contribution >= 0.6 is 0 Å². The number of hydrogen-bond acceptors (Lipinski definition) is 4. The summed E-state index contributed by atoms with van der Waals surface area (Å²) < 4.78 is 4.27. The van der Waals surface area contributed by atoms with E-state index in [9.17, 15) is 4.79 Å². The highest BCUT2D eigenvalue weighted by molar-refractivity contribution is 5.86. The van der Waals surface area contributed by atoms with Crippen LogP contribution in [0.25, 0.3) is 0 Å². The van der Waals surface area contributed by atoms with Crippen LogP contribution in [0.4, 0.5) is 0 Å². The molecule has 84 valence electrons. The minimum absolute atomic E-state index is 0.347. The van der Waals surface area contributed by atoms with Gasteiger partial charge in [-0.15, -0.1) is 0 Å². The van der Waals surface area contributed by atoms with E-state index in [-0.39, 0.29) is 5.97 Å². The fourth-order valence-corrected chi connectivity index (χ4v) is 0.447. The molecule has 0 amide bonds. The van der Waals surface area contributed by atoms with Gasteiger partial charge in [-0.3, -0.25) is 0 Å². The summed E-state index contributed by atoms with van der Waals surface area (Å²) in [7, 11) is 1.33. The number of nitrogens with zero attached hydrogens (tertiary/aromatic N) is 2. The molecular weight excluding hydrogens is 204 g/mol. The lowest BCUT2D eigenvalue weighted by Gasteiger charge is -1.91. The average molecular weight is 218 g/mol. The van der Waals surface area contributed by atoms with Crippen LogP contribution in [0.15, 0.2) is 36.0 Å². The summed E-state index contributed by atoms with van der Waals surface area (Å²) in [4.78, 5) is 10.2. The van der Waals surface area contributed by atoms with E-state index in [0.717, 1.165) is 0 Å². The van der Waals surface area contributed by atoms with Gasteiger partial charge in [0.2, 0.25) is 0 Å². The minimum Gasteiger partial charge on any atom is -0.466 e. The summed E-state index contributed by atoms with van der Waals surface area (Å²) in [5.41, 5.74) is 1.03. The molecule has 0 saturated heterocycles. The van der Waals surface area contributed by atoms with Gasteiger partial charge in [0, 0.05) is 17.2 Å². The molecule has 0 saturated carbocycles. The van der Waals surface area contributed by atoms with Crippen molar-refractivity contribution in [3.05, 3.63) is 36.0 Å². The molecule has 0 aliphatic rings. The van der Waals surface area contributed by atoms with Crippen molar-refractivity contribution in [2.45, 2.75) is 13.8 Å². The SMILES string of the molecule is C=C(C)C(=O)OC.CC(C#N)=CC=CC#N. The molecule has 0 heterocycles. The largest absolute Gasteiger partial charge is 0.466 e. The van der Waals surface area contributed by atoms with Gasteiger partial charge in [0.25, 0.3) is 0 Å². The van der Waals surface area contributed by atoms with E-state index in [0.29, 0.717) is 11.1 Å². The Hall–Kier alpha value is -2.33. The first-order chi connectivity index (χ1) is 7.49. The van der Waals surface area contributed by atoms with Crippen molar-refractivity contribution in [3.8, 4) is 12.1 Å². The molecule has 0 bridgehead atoms. The second kappa shape index (κ2) is 10.7. The van der Waals surface area contributed by atoms with E-state index in [2.05, 4.69) is 11.3 Å². The summed E-state index contributed by atoms with van der Waals surface area (Å²) >= 11 is 0. The third-order valence-corrected chi connectivity index (χ3v) is 1.23. The molecule has 4 heteroatoms. The Kier molecular flexibility index (Phi) is 10.8. The van der Waals surface area contributed by atoms with Crippen LogP contribution in [0.1, 0.15) is 13.8 Å². The van der Waals surface area contributed by atoms with Gasteiger partial charge < -0.3 is 4.74 Å². The fourth-order valence-electron chi connectivity index (χ4n) is 0.447. The highest BCUT2D eigenvalue weighted by Gasteiger charge is 1.95. The number of hydrogen-bond donors (Lipinski definition) is 0. The zero-order valence-corrected chi connectivity index (χ0v) is 9.65. The lowest BCUT2D eigenvalue weighted by Crippen LogP contribution is -1.98. The predicted octanol–water partition coefficient (Wildman–Crippen LogP) is 2.27. The summed E-state index contributed by atoms with van der Waals surface area (Å²) in [5, 5.41) is 16.2. The summed E-state index contributed by atoms with van der Waals surface area (Å²) in [5.74, 6) is -0.347. The van der Waals surface area contributed by atoms with Crippen LogP contribution in [0, 0.1) is 22.7 Å². The highest BCUT2D eigenvalue weighted by atomic mass is 16.5. The van der Waals surface area contributed by atoms with Gasteiger partial charge in [-0.05, 0) is 19.9 Å². The Balaban J connectivity index is 0. The molecular formula is C12H14N2O2. The first-order valence-corrected chi connectivity index (χ1v) is 4.36. The number of carbonyl (C=O) groups is 1. The normalized spacial score (nSPS) is 9.44. The zero-order chi connectivity index (χ0) is 13.0. The summed E-state index contributed by atoms with van der Waals surface area (Å²) in [6.45, 7) is 6.64. The predicted molar refractivity (Wildman–Crippen MR) is 61.0 cm³/mol. The van der Waals surface area contributed by atoms with Crippen molar-refractivity contribution in [2.75, 3.05) is 7.11 Å². The van der Waals surface area contributed by atoms with E-state index < -0.39 is 0 Å². The van der Waals surface area contributed by atoms with Gasteiger partial charge in [-0.1, -0.05) is 12.7 Å². The second-order valence-corrected chi connectivity index (χ2v) is 2.72. The van der Waals surface area contributed by atoms with Gasteiger partial charge in [0.1, 0.15) is 0 Å². The van der Waals surface area contributed by atoms with E-state index in [4.69, 9.17) is 10.5 Å². The van der Waals surface area contributed by atoms with Crippen molar-refractivity contribution in [1.29, 1.82) is 10.5 Å². The molecule has 0 radical (unpaired) electrons. The molecule has 0 fully saturated rings. The third-order valence-electron chi connectivity index (χ3n) is 1.23. The smallest absolute Gasteiger partial charge is 0.332 e. The lowest BCUT2D eigenvalue weighted by atomic mass is 10.3. The number of ether oxygens (including phenoxy) is 1. The maximum absolute atomic E-state index is 10.2. The van der Waals surface area contributed by atoms with Crippen molar-refractivity contribution < 1.29 is 9.53 Å². The van der Waals surface area contributed by atoms with E-state index in [1.165, 1.54) is 13.2 Å². The summed E-state index contributed by atoms with van der Waals surface area (Å²) in [6, 6.07) is 3.74. The molecule has 0 aliphatic heterocycles. The van der Waals surface area contributed by atoms with E-state index in [1.54, 1.807) is 26.0 Å². The topological polar surface area (TPSA) is 73.9 Å². The van der Waals surface area contributed by atoms with Gasteiger partial charge in [-0.2, -0.15) is 10.5 Å². The number of nitriles is 2. The second-order valence-electron chi connectivity index (χ2n) is 2.72. The number of carbonyl (C=O) groups excluding carboxylic acids is 1. The first-order valence-electron chi connectivity index (χ1n) is 4.36. The monoisotopic (exact) mass is 218 g/mol. The van der Waals surface area contributed by atoms with Gasteiger partial charge >= 0.3 is 5.97 Å². The molecule has 0 atom stereocenters. The highest BCUT2D eigenvalue weighted by Crippen LogP contribution is 1.88. The molecule has 0 rings (SSSR count). The average Bonchev–Trinajstić information content (AvgIpc) is 2.28. The molecule has 0 aromatic carbocycles. The van der Waals surface area contributed by atoms with Crippen LogP contribution in [0.5, 0.6) is 0 Å². The van der Waals surface area contributed by atoms with Crippen molar-refractivity contribution in [1.82, 2.24) is 0 Å². The van der Waals surface area contributed by atoms with E-state index >= 15 is 0 Å². The summed E-state index contributed by atoms with van der Waals surface area (Å²) in [6.07, 6.45) is 4.45. The standard InChI is InChI=1S/C7H6N2.C5H8O2/c1-7(6-9)4-2-3-5-8;1-4(2)5(6)7-3/h2-4H,1H3;1H2,2-3H3. The minimum atomic E-state index is -0.347. The Morgan fingerprint density at radius 1 is 1.38 bits per heavy atom. The Labute approximate surface area is 95.8 Å². The van der Waals surface area contributed by atoms with Crippen LogP contribution < -0.4 is 0 Å². The maximum Gasteiger partial charge on any atom is 0.332 e.